The van der Waals surface area contributed by atoms with Crippen LogP contribution in [0.2, 0.25) is 5.02 Å². The summed E-state index contributed by atoms with van der Waals surface area (Å²) >= 11 is 5.89. The quantitative estimate of drug-likeness (QED) is 0.874. The average Bonchev–Trinajstić information content (AvgIpc) is 2.60. The van der Waals surface area contributed by atoms with Gasteiger partial charge in [-0.3, -0.25) is 9.89 Å². The molecular formula is C12H13ClN2O. The summed E-state index contributed by atoms with van der Waals surface area (Å²) in [7, 11) is 0. The van der Waals surface area contributed by atoms with Crippen LogP contribution >= 0.6 is 11.6 Å². The van der Waals surface area contributed by atoms with E-state index in [0.717, 1.165) is 24.2 Å². The minimum atomic E-state index is -0.0503. The fourth-order valence-corrected chi connectivity index (χ4v) is 1.83. The number of rotatable bonds is 3. The Morgan fingerprint density at radius 2 is 2.19 bits per heavy atom. The lowest BCUT2D eigenvalue weighted by atomic mass is 10.3. The molecule has 0 unspecified atom stereocenters. The van der Waals surface area contributed by atoms with E-state index in [1.54, 1.807) is 18.2 Å². The number of H-pyrrole nitrogens is 1. The standard InChI is InChI=1S/C12H13ClN2O/c1-2-4-10-8-12(16)15(14-10)11-6-3-5-9(13)7-11/h3,5-8,14H,2,4H2,1H3. The van der Waals surface area contributed by atoms with Crippen molar-refractivity contribution in [1.82, 2.24) is 9.78 Å². The first-order valence-electron chi connectivity index (χ1n) is 5.27. The van der Waals surface area contributed by atoms with Crippen molar-refractivity contribution in [2.45, 2.75) is 19.8 Å². The smallest absolute Gasteiger partial charge is 0.271 e. The van der Waals surface area contributed by atoms with Gasteiger partial charge in [0.25, 0.3) is 5.56 Å². The van der Waals surface area contributed by atoms with Crippen molar-refractivity contribution in [2.75, 3.05) is 0 Å². The Labute approximate surface area is 98.7 Å². The van der Waals surface area contributed by atoms with E-state index in [1.165, 1.54) is 4.68 Å². The molecule has 0 saturated heterocycles. The zero-order chi connectivity index (χ0) is 11.5. The molecule has 0 spiro atoms. The van der Waals surface area contributed by atoms with Crippen molar-refractivity contribution < 1.29 is 0 Å². The molecule has 16 heavy (non-hydrogen) atoms. The predicted molar refractivity (Wildman–Crippen MR) is 65.4 cm³/mol. The lowest BCUT2D eigenvalue weighted by Gasteiger charge is -2.02. The highest BCUT2D eigenvalue weighted by Crippen LogP contribution is 2.13. The van der Waals surface area contributed by atoms with Crippen LogP contribution in [0.3, 0.4) is 0 Å². The van der Waals surface area contributed by atoms with E-state index in [2.05, 4.69) is 12.0 Å². The molecule has 0 atom stereocenters. The minimum absolute atomic E-state index is 0.0503. The number of hydrogen-bond donors (Lipinski definition) is 1. The molecule has 4 heteroatoms. The van der Waals surface area contributed by atoms with Gasteiger partial charge in [-0.05, 0) is 24.6 Å². The molecule has 0 radical (unpaired) electrons. The summed E-state index contributed by atoms with van der Waals surface area (Å²) in [6.07, 6.45) is 1.89. The average molecular weight is 237 g/mol. The van der Waals surface area contributed by atoms with E-state index in [1.807, 2.05) is 12.1 Å². The largest absolute Gasteiger partial charge is 0.295 e. The Kier molecular flexibility index (Phi) is 3.15. The molecule has 3 nitrogen and oxygen atoms in total. The van der Waals surface area contributed by atoms with E-state index >= 15 is 0 Å². The molecule has 0 fully saturated rings. The molecule has 1 heterocycles. The number of benzene rings is 1. The van der Waals surface area contributed by atoms with Crippen molar-refractivity contribution in [3.05, 3.63) is 51.4 Å². The lowest BCUT2D eigenvalue weighted by Crippen LogP contribution is -2.13. The molecule has 1 aromatic carbocycles. The van der Waals surface area contributed by atoms with Crippen molar-refractivity contribution in [2.24, 2.45) is 0 Å². The van der Waals surface area contributed by atoms with Gasteiger partial charge in [0.15, 0.2) is 0 Å². The fourth-order valence-electron chi connectivity index (χ4n) is 1.65. The third kappa shape index (κ3) is 2.19. The molecule has 1 aromatic heterocycles. The summed E-state index contributed by atoms with van der Waals surface area (Å²) in [5, 5.41) is 3.69. The molecule has 0 saturated carbocycles. The van der Waals surface area contributed by atoms with E-state index in [4.69, 9.17) is 11.6 Å². The molecule has 0 aliphatic heterocycles. The van der Waals surface area contributed by atoms with Crippen LogP contribution in [0.25, 0.3) is 5.69 Å². The number of hydrogen-bond acceptors (Lipinski definition) is 1. The third-order valence-electron chi connectivity index (χ3n) is 2.36. The van der Waals surface area contributed by atoms with Gasteiger partial charge in [0, 0.05) is 16.8 Å². The number of aromatic nitrogens is 2. The summed E-state index contributed by atoms with van der Waals surface area (Å²) < 4.78 is 1.51. The first-order chi connectivity index (χ1) is 7.70. The van der Waals surface area contributed by atoms with Crippen LogP contribution in [-0.4, -0.2) is 9.78 Å². The number of nitrogens with zero attached hydrogens (tertiary/aromatic N) is 1. The summed E-state index contributed by atoms with van der Waals surface area (Å²) in [4.78, 5) is 11.7. The Morgan fingerprint density at radius 1 is 1.38 bits per heavy atom. The summed E-state index contributed by atoms with van der Waals surface area (Å²) in [6, 6.07) is 8.84. The highest BCUT2D eigenvalue weighted by Gasteiger charge is 2.04. The molecule has 0 amide bonds. The van der Waals surface area contributed by atoms with Crippen LogP contribution in [0.1, 0.15) is 19.0 Å². The SMILES string of the molecule is CCCc1cc(=O)n(-c2cccc(Cl)c2)[nH]1. The fraction of sp³-hybridized carbons (Fsp3) is 0.250. The maximum absolute atomic E-state index is 11.7. The highest BCUT2D eigenvalue weighted by molar-refractivity contribution is 6.30. The molecular weight excluding hydrogens is 224 g/mol. The van der Waals surface area contributed by atoms with Crippen LogP contribution in [0.5, 0.6) is 0 Å². The van der Waals surface area contributed by atoms with Gasteiger partial charge in [-0.2, -0.15) is 0 Å². The van der Waals surface area contributed by atoms with Gasteiger partial charge < -0.3 is 0 Å². The normalized spacial score (nSPS) is 10.6. The van der Waals surface area contributed by atoms with Crippen LogP contribution in [0, 0.1) is 0 Å². The van der Waals surface area contributed by atoms with Crippen LogP contribution in [-0.2, 0) is 6.42 Å². The monoisotopic (exact) mass is 236 g/mol. The van der Waals surface area contributed by atoms with E-state index in [-0.39, 0.29) is 5.56 Å². The van der Waals surface area contributed by atoms with Gasteiger partial charge in [0.05, 0.1) is 5.69 Å². The molecule has 2 rings (SSSR count). The number of nitrogens with one attached hydrogen (secondary N) is 1. The third-order valence-corrected chi connectivity index (χ3v) is 2.59. The van der Waals surface area contributed by atoms with Crippen molar-refractivity contribution >= 4 is 11.6 Å². The van der Waals surface area contributed by atoms with Crippen molar-refractivity contribution in [3.63, 3.8) is 0 Å². The van der Waals surface area contributed by atoms with Crippen LogP contribution in [0.4, 0.5) is 0 Å². The number of halogens is 1. The zero-order valence-corrected chi connectivity index (χ0v) is 9.79. The van der Waals surface area contributed by atoms with Crippen LogP contribution < -0.4 is 5.56 Å². The molecule has 84 valence electrons. The second-order valence-electron chi connectivity index (χ2n) is 3.68. The lowest BCUT2D eigenvalue weighted by molar-refractivity contribution is 0.793. The van der Waals surface area contributed by atoms with E-state index in [0.29, 0.717) is 5.02 Å². The Hall–Kier alpha value is -1.48. The second kappa shape index (κ2) is 4.58. The Balaban J connectivity index is 2.44. The molecule has 0 bridgehead atoms. The van der Waals surface area contributed by atoms with Crippen LogP contribution in [0.15, 0.2) is 35.1 Å². The van der Waals surface area contributed by atoms with Gasteiger partial charge in [-0.25, -0.2) is 4.68 Å². The van der Waals surface area contributed by atoms with E-state index in [9.17, 15) is 4.79 Å². The maximum atomic E-state index is 11.7. The van der Waals surface area contributed by atoms with Gasteiger partial charge in [-0.1, -0.05) is 31.0 Å². The number of aryl methyl sites for hydroxylation is 1. The molecule has 2 aromatic rings. The van der Waals surface area contributed by atoms with Gasteiger partial charge in [-0.15, -0.1) is 0 Å². The zero-order valence-electron chi connectivity index (χ0n) is 9.03. The summed E-state index contributed by atoms with van der Waals surface area (Å²) in [5.74, 6) is 0. The summed E-state index contributed by atoms with van der Waals surface area (Å²) in [5.41, 5.74) is 1.66. The Morgan fingerprint density at radius 3 is 2.88 bits per heavy atom. The molecule has 0 aliphatic rings. The molecule has 0 aliphatic carbocycles. The highest BCUT2D eigenvalue weighted by atomic mass is 35.5. The topological polar surface area (TPSA) is 37.8 Å². The van der Waals surface area contributed by atoms with Gasteiger partial charge >= 0.3 is 0 Å². The Bertz CT molecular complexity index is 542. The first kappa shape index (κ1) is 11.0. The summed E-state index contributed by atoms with van der Waals surface area (Å²) in [6.45, 7) is 2.08. The van der Waals surface area contributed by atoms with Gasteiger partial charge in [0.2, 0.25) is 0 Å². The van der Waals surface area contributed by atoms with Gasteiger partial charge in [0.1, 0.15) is 0 Å². The van der Waals surface area contributed by atoms with E-state index < -0.39 is 0 Å². The molecule has 1 N–H and O–H groups in total. The second-order valence-corrected chi connectivity index (χ2v) is 4.12. The maximum Gasteiger partial charge on any atom is 0.271 e. The van der Waals surface area contributed by atoms with Crippen molar-refractivity contribution in [3.8, 4) is 5.69 Å². The predicted octanol–water partition coefficient (Wildman–Crippen LogP) is 2.77. The minimum Gasteiger partial charge on any atom is -0.295 e. The number of aromatic amines is 1. The first-order valence-corrected chi connectivity index (χ1v) is 5.65. The van der Waals surface area contributed by atoms with Crippen molar-refractivity contribution in [1.29, 1.82) is 0 Å².